The minimum atomic E-state index is -0.572. The Balaban J connectivity index is 3.22. The van der Waals surface area contributed by atoms with Gasteiger partial charge in [0.1, 0.15) is 15.9 Å². The number of H-pyrrole nitrogens is 1. The molecule has 0 spiro atoms. The lowest BCUT2D eigenvalue weighted by molar-refractivity contribution is -0.0211. The molecule has 0 aromatic carbocycles. The van der Waals surface area contributed by atoms with Crippen molar-refractivity contribution in [2.45, 2.75) is 46.1 Å². The Kier molecular flexibility index (Phi) is 4.89. The normalized spacial score (nSPS) is 11.8. The number of aromatic amines is 1. The molecule has 0 radical (unpaired) electrons. The van der Waals surface area contributed by atoms with Gasteiger partial charge in [-0.25, -0.2) is 4.98 Å². The molecule has 96 valence electrons. The second kappa shape index (κ2) is 5.78. The van der Waals surface area contributed by atoms with E-state index in [9.17, 15) is 4.79 Å². The summed E-state index contributed by atoms with van der Waals surface area (Å²) in [5.74, 6) is 0.580. The van der Waals surface area contributed by atoms with Crippen LogP contribution in [0.25, 0.3) is 0 Å². The van der Waals surface area contributed by atoms with E-state index in [-0.39, 0.29) is 5.56 Å². The molecule has 0 unspecified atom stereocenters. The summed E-state index contributed by atoms with van der Waals surface area (Å²) >= 11 is 3.27. The molecule has 17 heavy (non-hydrogen) atoms. The van der Waals surface area contributed by atoms with Gasteiger partial charge < -0.3 is 9.72 Å². The van der Waals surface area contributed by atoms with E-state index in [0.29, 0.717) is 16.9 Å². The molecule has 1 rings (SSSR count). The molecule has 0 bridgehead atoms. The molecular weight excluding hydrogens is 284 g/mol. The average Bonchev–Trinajstić information content (AvgIpc) is 2.24. The lowest BCUT2D eigenvalue weighted by Crippen LogP contribution is -2.29. The summed E-state index contributed by atoms with van der Waals surface area (Å²) in [5.41, 5.74) is 0.0714. The van der Waals surface area contributed by atoms with Gasteiger partial charge in [0, 0.05) is 6.61 Å². The number of aryl methyl sites for hydroxylation is 1. The Hall–Kier alpha value is -0.680. The molecule has 0 saturated heterocycles. The third kappa shape index (κ3) is 3.39. The number of ether oxygens (including phenoxy) is 1. The Bertz CT molecular complexity index is 441. The van der Waals surface area contributed by atoms with E-state index in [1.54, 1.807) is 0 Å². The molecule has 0 atom stereocenters. The molecule has 0 aliphatic carbocycles. The number of aromatic nitrogens is 2. The van der Waals surface area contributed by atoms with Gasteiger partial charge in [0.15, 0.2) is 0 Å². The first kappa shape index (κ1) is 14.4. The second-order valence-corrected chi connectivity index (χ2v) is 5.16. The zero-order valence-corrected chi connectivity index (χ0v) is 12.3. The minimum absolute atomic E-state index is 0.147. The van der Waals surface area contributed by atoms with Gasteiger partial charge in [-0.1, -0.05) is 13.3 Å². The van der Waals surface area contributed by atoms with E-state index >= 15 is 0 Å². The van der Waals surface area contributed by atoms with E-state index in [4.69, 9.17) is 4.74 Å². The Morgan fingerprint density at radius 3 is 2.59 bits per heavy atom. The highest BCUT2D eigenvalue weighted by molar-refractivity contribution is 9.10. The van der Waals surface area contributed by atoms with Gasteiger partial charge in [-0.15, -0.1) is 0 Å². The van der Waals surface area contributed by atoms with Crippen LogP contribution in [0.3, 0.4) is 0 Å². The number of hydrogen-bond donors (Lipinski definition) is 1. The summed E-state index contributed by atoms with van der Waals surface area (Å²) in [4.78, 5) is 19.0. The van der Waals surface area contributed by atoms with Crippen molar-refractivity contribution >= 4 is 15.9 Å². The van der Waals surface area contributed by atoms with Crippen molar-refractivity contribution < 1.29 is 4.74 Å². The van der Waals surface area contributed by atoms with Gasteiger partial charge in [0.05, 0.1) is 5.69 Å². The molecule has 0 aliphatic heterocycles. The van der Waals surface area contributed by atoms with Gasteiger partial charge >= 0.3 is 0 Å². The standard InChI is InChI=1S/C12H19BrN2O2/c1-5-7-8-9(13)10(16)15-11(14-8)12(3,4)17-6-2/h5-7H2,1-4H3,(H,14,15,16). The molecule has 1 aromatic rings. The predicted molar refractivity (Wildman–Crippen MR) is 71.2 cm³/mol. The van der Waals surface area contributed by atoms with Crippen LogP contribution in [0.2, 0.25) is 0 Å². The van der Waals surface area contributed by atoms with Crippen molar-refractivity contribution in [2.24, 2.45) is 0 Å². The molecule has 0 fully saturated rings. The topological polar surface area (TPSA) is 55.0 Å². The third-order valence-corrected chi connectivity index (χ3v) is 3.31. The van der Waals surface area contributed by atoms with E-state index in [1.165, 1.54) is 0 Å². The Morgan fingerprint density at radius 1 is 1.41 bits per heavy atom. The van der Waals surface area contributed by atoms with Crippen molar-refractivity contribution in [3.05, 3.63) is 26.3 Å². The van der Waals surface area contributed by atoms with Crippen LogP contribution in [-0.2, 0) is 16.8 Å². The van der Waals surface area contributed by atoms with Crippen LogP contribution in [0.15, 0.2) is 9.27 Å². The fourth-order valence-corrected chi connectivity index (χ4v) is 2.01. The third-order valence-electron chi connectivity index (χ3n) is 2.49. The fraction of sp³-hybridized carbons (Fsp3) is 0.667. The summed E-state index contributed by atoms with van der Waals surface area (Å²) in [6.07, 6.45) is 1.73. The molecule has 0 amide bonds. The summed E-state index contributed by atoms with van der Waals surface area (Å²) in [6, 6.07) is 0. The molecule has 5 heteroatoms. The quantitative estimate of drug-likeness (QED) is 0.910. The molecule has 1 aromatic heterocycles. The monoisotopic (exact) mass is 302 g/mol. The number of halogens is 1. The zero-order chi connectivity index (χ0) is 13.1. The number of hydrogen-bond acceptors (Lipinski definition) is 3. The maximum atomic E-state index is 11.8. The second-order valence-electron chi connectivity index (χ2n) is 4.37. The van der Waals surface area contributed by atoms with Gasteiger partial charge in [-0.05, 0) is 43.1 Å². The van der Waals surface area contributed by atoms with Crippen LogP contribution in [-0.4, -0.2) is 16.6 Å². The number of nitrogens with one attached hydrogen (secondary N) is 1. The van der Waals surface area contributed by atoms with Crippen LogP contribution in [0.4, 0.5) is 0 Å². The van der Waals surface area contributed by atoms with E-state index < -0.39 is 5.60 Å². The largest absolute Gasteiger partial charge is 0.368 e. The van der Waals surface area contributed by atoms with E-state index in [1.807, 2.05) is 20.8 Å². The first-order chi connectivity index (χ1) is 7.92. The highest BCUT2D eigenvalue weighted by atomic mass is 79.9. The van der Waals surface area contributed by atoms with Crippen molar-refractivity contribution in [1.29, 1.82) is 0 Å². The maximum absolute atomic E-state index is 11.8. The smallest absolute Gasteiger partial charge is 0.265 e. The SMILES string of the molecule is CCCc1nc(C(C)(C)OCC)[nH]c(=O)c1Br. The van der Waals surface area contributed by atoms with E-state index in [0.717, 1.165) is 18.5 Å². The highest BCUT2D eigenvalue weighted by Crippen LogP contribution is 2.22. The van der Waals surface area contributed by atoms with Crippen molar-refractivity contribution in [2.75, 3.05) is 6.61 Å². The van der Waals surface area contributed by atoms with E-state index in [2.05, 4.69) is 32.8 Å². The van der Waals surface area contributed by atoms with Gasteiger partial charge in [-0.2, -0.15) is 0 Å². The van der Waals surface area contributed by atoms with Gasteiger partial charge in [0.2, 0.25) is 0 Å². The van der Waals surface area contributed by atoms with Crippen molar-refractivity contribution in [3.63, 3.8) is 0 Å². The predicted octanol–water partition coefficient (Wildman–Crippen LogP) is 2.76. The number of rotatable bonds is 5. The molecule has 0 aliphatic rings. The van der Waals surface area contributed by atoms with Crippen LogP contribution < -0.4 is 5.56 Å². The average molecular weight is 303 g/mol. The summed E-state index contributed by atoms with van der Waals surface area (Å²) in [7, 11) is 0. The Labute approximate surface area is 110 Å². The Morgan fingerprint density at radius 2 is 2.06 bits per heavy atom. The van der Waals surface area contributed by atoms with Crippen molar-refractivity contribution in [3.8, 4) is 0 Å². The maximum Gasteiger partial charge on any atom is 0.265 e. The fourth-order valence-electron chi connectivity index (χ4n) is 1.62. The zero-order valence-electron chi connectivity index (χ0n) is 10.8. The summed E-state index contributed by atoms with van der Waals surface area (Å²) in [6.45, 7) is 8.36. The van der Waals surface area contributed by atoms with Crippen LogP contribution in [0.1, 0.15) is 45.6 Å². The molecule has 4 nitrogen and oxygen atoms in total. The molecule has 1 N–H and O–H groups in total. The number of nitrogens with zero attached hydrogens (tertiary/aromatic N) is 1. The van der Waals surface area contributed by atoms with Gasteiger partial charge in [-0.3, -0.25) is 4.79 Å². The lowest BCUT2D eigenvalue weighted by Gasteiger charge is -2.24. The first-order valence-electron chi connectivity index (χ1n) is 5.85. The highest BCUT2D eigenvalue weighted by Gasteiger charge is 2.25. The lowest BCUT2D eigenvalue weighted by atomic mass is 10.1. The molecule has 1 heterocycles. The van der Waals surface area contributed by atoms with Crippen LogP contribution in [0.5, 0.6) is 0 Å². The minimum Gasteiger partial charge on any atom is -0.368 e. The summed E-state index contributed by atoms with van der Waals surface area (Å²) in [5, 5.41) is 0. The van der Waals surface area contributed by atoms with Crippen LogP contribution in [0, 0.1) is 0 Å². The first-order valence-corrected chi connectivity index (χ1v) is 6.64. The molecular formula is C12H19BrN2O2. The summed E-state index contributed by atoms with van der Waals surface area (Å²) < 4.78 is 6.12. The van der Waals surface area contributed by atoms with Crippen LogP contribution >= 0.6 is 15.9 Å². The van der Waals surface area contributed by atoms with Gasteiger partial charge in [0.25, 0.3) is 5.56 Å². The van der Waals surface area contributed by atoms with Crippen molar-refractivity contribution in [1.82, 2.24) is 9.97 Å². The molecule has 0 saturated carbocycles.